The van der Waals surface area contributed by atoms with Crippen LogP contribution in [-0.2, 0) is 47.2 Å². The van der Waals surface area contributed by atoms with Crippen LogP contribution in [-0.4, -0.2) is 12.1 Å². The molecule has 0 radical (unpaired) electrons. The van der Waals surface area contributed by atoms with E-state index in [4.69, 9.17) is 0 Å². The molecule has 0 spiro atoms. The Morgan fingerprint density at radius 2 is 1.62 bits per heavy atom. The average Bonchev–Trinajstić information content (AvgIpc) is 3.41. The molecule has 0 aromatic heterocycles. The van der Waals surface area contributed by atoms with E-state index in [-0.39, 0.29) is 0 Å². The third-order valence-corrected chi connectivity index (χ3v) is 8.19. The predicted molar refractivity (Wildman–Crippen MR) is 138 cm³/mol. The van der Waals surface area contributed by atoms with Crippen molar-refractivity contribution in [2.24, 2.45) is 4.36 Å². The SMILES string of the molecule is O=C(N=[S-](=O)Nc1cccc(CNC2CCCCCC2)c1)Nc1c2c(cc3c1CCC3)CCC2. The Morgan fingerprint density at radius 3 is 2.32 bits per heavy atom. The summed E-state index contributed by atoms with van der Waals surface area (Å²) in [5, 5.41) is 6.65. The van der Waals surface area contributed by atoms with Gasteiger partial charge in [-0.1, -0.05) is 54.7 Å². The molecule has 0 aliphatic heterocycles. The highest BCUT2D eigenvalue weighted by Crippen LogP contribution is 2.38. The number of carbonyl (C=O) groups excluding carboxylic acids is 1. The number of benzene rings is 2. The van der Waals surface area contributed by atoms with Crippen LogP contribution in [0.3, 0.4) is 0 Å². The lowest BCUT2D eigenvalue weighted by atomic mass is 9.99. The van der Waals surface area contributed by atoms with E-state index in [0.717, 1.165) is 56.3 Å². The topological polar surface area (TPSA) is 82.6 Å². The van der Waals surface area contributed by atoms with Gasteiger partial charge in [-0.2, -0.15) is 0 Å². The molecule has 34 heavy (non-hydrogen) atoms. The number of hydrogen-bond donors (Lipinski definition) is 3. The molecule has 0 unspecified atom stereocenters. The van der Waals surface area contributed by atoms with E-state index in [1.807, 2.05) is 18.2 Å². The van der Waals surface area contributed by atoms with Gasteiger partial charge in [-0.15, -0.1) is 0 Å². The molecule has 0 heterocycles. The van der Waals surface area contributed by atoms with Gasteiger partial charge in [-0.3, -0.25) is 4.36 Å². The summed E-state index contributed by atoms with van der Waals surface area (Å²) in [5.74, 6) is 0. The molecule has 0 saturated heterocycles. The van der Waals surface area contributed by atoms with Gasteiger partial charge >= 0.3 is 6.03 Å². The van der Waals surface area contributed by atoms with Crippen molar-refractivity contribution in [2.45, 2.75) is 89.6 Å². The second kappa shape index (κ2) is 10.9. The molecule has 2 aromatic rings. The Bertz CT molecular complexity index is 1100. The van der Waals surface area contributed by atoms with Crippen LogP contribution < -0.4 is 15.4 Å². The Labute approximate surface area is 204 Å². The van der Waals surface area contributed by atoms with E-state index in [2.05, 4.69) is 31.9 Å². The van der Waals surface area contributed by atoms with Gasteiger partial charge in [0.2, 0.25) is 0 Å². The fourth-order valence-electron chi connectivity index (χ4n) is 5.79. The van der Waals surface area contributed by atoms with Crippen molar-refractivity contribution < 1.29 is 9.00 Å². The summed E-state index contributed by atoms with van der Waals surface area (Å²) >= 11 is 0. The lowest BCUT2D eigenvalue weighted by Gasteiger charge is -2.17. The van der Waals surface area contributed by atoms with Gasteiger partial charge < -0.3 is 19.6 Å². The van der Waals surface area contributed by atoms with Gasteiger partial charge in [0.1, 0.15) is 0 Å². The average molecular weight is 480 g/mol. The van der Waals surface area contributed by atoms with Crippen molar-refractivity contribution in [3.05, 3.63) is 58.1 Å². The summed E-state index contributed by atoms with van der Waals surface area (Å²) in [7, 11) is -1.85. The molecular formula is C27H35N4O2S-. The van der Waals surface area contributed by atoms with Crippen LogP contribution in [0.1, 0.15) is 79.2 Å². The third-order valence-electron chi connectivity index (χ3n) is 7.45. The van der Waals surface area contributed by atoms with Crippen molar-refractivity contribution in [3.63, 3.8) is 0 Å². The fraction of sp³-hybridized carbons (Fsp3) is 0.519. The van der Waals surface area contributed by atoms with Crippen molar-refractivity contribution in [1.29, 1.82) is 0 Å². The lowest BCUT2D eigenvalue weighted by molar-refractivity contribution is 0.260. The number of hydrogen-bond acceptors (Lipinski definition) is 4. The first-order chi connectivity index (χ1) is 16.7. The van der Waals surface area contributed by atoms with E-state index >= 15 is 0 Å². The molecule has 182 valence electrons. The molecule has 1 saturated carbocycles. The second-order valence-corrected chi connectivity index (χ2v) is 10.8. The van der Waals surface area contributed by atoms with Crippen LogP contribution in [0.5, 0.6) is 0 Å². The smallest absolute Gasteiger partial charge is 0.323 e. The molecule has 3 N–H and O–H groups in total. The second-order valence-electron chi connectivity index (χ2n) is 9.88. The number of urea groups is 1. The van der Waals surface area contributed by atoms with Crippen LogP contribution in [0.15, 0.2) is 34.7 Å². The van der Waals surface area contributed by atoms with Crippen LogP contribution in [0.4, 0.5) is 16.2 Å². The van der Waals surface area contributed by atoms with Crippen LogP contribution >= 0.6 is 0 Å². The van der Waals surface area contributed by atoms with Crippen molar-refractivity contribution in [2.75, 3.05) is 10.0 Å². The largest absolute Gasteiger partial charge is 0.435 e. The summed E-state index contributed by atoms with van der Waals surface area (Å²) in [5.41, 5.74) is 7.96. The number of aryl methyl sites for hydroxylation is 2. The molecule has 3 aliphatic carbocycles. The number of nitrogens with zero attached hydrogens (tertiary/aromatic N) is 1. The van der Waals surface area contributed by atoms with Gasteiger partial charge in [0, 0.05) is 24.0 Å². The van der Waals surface area contributed by atoms with Crippen LogP contribution in [0, 0.1) is 0 Å². The molecule has 5 rings (SSSR count). The van der Waals surface area contributed by atoms with Crippen molar-refractivity contribution >= 4 is 28.2 Å². The van der Waals surface area contributed by atoms with Crippen molar-refractivity contribution in [3.8, 4) is 0 Å². The van der Waals surface area contributed by atoms with Gasteiger partial charge in [-0.05, 0) is 91.3 Å². The molecule has 2 amide bonds. The van der Waals surface area contributed by atoms with Crippen molar-refractivity contribution in [1.82, 2.24) is 5.32 Å². The highest BCUT2D eigenvalue weighted by molar-refractivity contribution is 7.76. The minimum Gasteiger partial charge on any atom is -0.435 e. The van der Waals surface area contributed by atoms with E-state index in [1.165, 1.54) is 60.8 Å². The Kier molecular flexibility index (Phi) is 7.50. The highest BCUT2D eigenvalue weighted by Gasteiger charge is 2.24. The zero-order valence-corrected chi connectivity index (χ0v) is 20.6. The predicted octanol–water partition coefficient (Wildman–Crippen LogP) is 6.18. The van der Waals surface area contributed by atoms with E-state index in [1.54, 1.807) is 0 Å². The monoisotopic (exact) mass is 479 g/mol. The maximum atomic E-state index is 12.7. The zero-order chi connectivity index (χ0) is 23.3. The molecular weight excluding hydrogens is 444 g/mol. The summed E-state index contributed by atoms with van der Waals surface area (Å²) < 4.78 is 19.3. The number of carbonyl (C=O) groups is 1. The molecule has 1 fully saturated rings. The number of rotatable bonds is 6. The standard InChI is InChI=1S/C27H35N4O2S/c32-27(29-26-24-14-6-9-20(24)17-21-10-7-15-25(21)26)31-34(33)30-23-13-5-8-19(16-23)18-28-22-11-3-1-2-4-12-22/h5,8,13,16-17,22,28H,1-4,6-7,9-12,14-15,18H2,(H2,29,30,31,32,33)/q-1. The first-order valence-electron chi connectivity index (χ1n) is 12.9. The maximum absolute atomic E-state index is 12.7. The van der Waals surface area contributed by atoms with Gasteiger partial charge in [0.05, 0.1) is 0 Å². The molecule has 3 aliphatic rings. The number of fused-ring (bicyclic) bond motifs is 2. The van der Waals surface area contributed by atoms with Gasteiger partial charge in [-0.25, -0.2) is 4.79 Å². The normalized spacial score (nSPS) is 18.8. The zero-order valence-electron chi connectivity index (χ0n) is 19.8. The third kappa shape index (κ3) is 5.63. The first-order valence-corrected chi connectivity index (χ1v) is 14.0. The summed E-state index contributed by atoms with van der Waals surface area (Å²) in [6.45, 7) is 0.786. The first kappa shape index (κ1) is 23.4. The molecule has 2 aromatic carbocycles. The molecule has 0 bridgehead atoms. The summed E-state index contributed by atoms with van der Waals surface area (Å²) in [4.78, 5) is 12.7. The molecule has 7 heteroatoms. The van der Waals surface area contributed by atoms with Crippen LogP contribution in [0.2, 0.25) is 0 Å². The van der Waals surface area contributed by atoms with E-state index in [0.29, 0.717) is 11.7 Å². The van der Waals surface area contributed by atoms with E-state index in [9.17, 15) is 9.00 Å². The van der Waals surface area contributed by atoms with Crippen LogP contribution in [0.25, 0.3) is 0 Å². The minimum atomic E-state index is -1.85. The Hall–Kier alpha value is -2.38. The quantitative estimate of drug-likeness (QED) is 0.342. The minimum absolute atomic E-state index is 0.550. The summed E-state index contributed by atoms with van der Waals surface area (Å²) in [6, 6.07) is 10.2. The van der Waals surface area contributed by atoms with Gasteiger partial charge in [0.15, 0.2) is 0 Å². The fourth-order valence-corrected chi connectivity index (χ4v) is 6.36. The number of anilines is 2. The Balaban J connectivity index is 1.21. The maximum Gasteiger partial charge on any atom is 0.323 e. The van der Waals surface area contributed by atoms with E-state index < -0.39 is 16.8 Å². The van der Waals surface area contributed by atoms with Gasteiger partial charge in [0.25, 0.3) is 0 Å². The summed E-state index contributed by atoms with van der Waals surface area (Å²) in [6.07, 6.45) is 14.1. The molecule has 0 atom stereocenters. The lowest BCUT2D eigenvalue weighted by Crippen LogP contribution is -2.27. The molecule has 6 nitrogen and oxygen atoms in total. The highest BCUT2D eigenvalue weighted by atomic mass is 32.2. The Morgan fingerprint density at radius 1 is 0.912 bits per heavy atom. The number of amides is 2. The number of nitrogens with one attached hydrogen (secondary N) is 3.